The minimum absolute atomic E-state index is 0.0324. The molecule has 8 heteroatoms. The van der Waals surface area contributed by atoms with Gasteiger partial charge in [-0.2, -0.15) is 13.2 Å². The quantitative estimate of drug-likeness (QED) is 0.646. The smallest absolute Gasteiger partial charge is 0.423 e. The molecular formula is C16H15BF3NO3. The predicted molar refractivity (Wildman–Crippen MR) is 85.2 cm³/mol. The van der Waals surface area contributed by atoms with Gasteiger partial charge in [0, 0.05) is 24.8 Å². The molecule has 0 fully saturated rings. The van der Waals surface area contributed by atoms with E-state index in [4.69, 9.17) is 0 Å². The number of carbonyl (C=O) groups excluding carboxylic acids is 1. The van der Waals surface area contributed by atoms with Gasteiger partial charge in [0.1, 0.15) is 6.29 Å². The molecule has 2 aromatic rings. The second-order valence-corrected chi connectivity index (χ2v) is 5.31. The highest BCUT2D eigenvalue weighted by atomic mass is 19.4. The lowest BCUT2D eigenvalue weighted by Gasteiger charge is -2.23. The monoisotopic (exact) mass is 337 g/mol. The molecule has 126 valence electrons. The largest absolute Gasteiger partial charge is 0.488 e. The molecule has 0 aromatic heterocycles. The minimum atomic E-state index is -4.57. The Hall–Kier alpha value is -2.32. The average molecular weight is 337 g/mol. The topological polar surface area (TPSA) is 60.8 Å². The highest BCUT2D eigenvalue weighted by Gasteiger charge is 2.34. The fraction of sp³-hybridized carbons (Fsp3) is 0.188. The molecule has 0 radical (unpaired) electrons. The van der Waals surface area contributed by atoms with Gasteiger partial charge in [0.2, 0.25) is 0 Å². The molecule has 0 atom stereocenters. The number of halogens is 3. The van der Waals surface area contributed by atoms with Gasteiger partial charge in [-0.3, -0.25) is 4.79 Å². The third-order valence-electron chi connectivity index (χ3n) is 3.65. The second kappa shape index (κ2) is 7.06. The van der Waals surface area contributed by atoms with Crippen molar-refractivity contribution < 1.29 is 28.0 Å². The zero-order chi connectivity index (χ0) is 17.9. The maximum Gasteiger partial charge on any atom is 0.488 e. The van der Waals surface area contributed by atoms with Gasteiger partial charge in [-0.25, -0.2) is 0 Å². The second-order valence-electron chi connectivity index (χ2n) is 5.31. The number of nitrogens with zero attached hydrogens (tertiary/aromatic N) is 1. The van der Waals surface area contributed by atoms with E-state index in [2.05, 4.69) is 0 Å². The van der Waals surface area contributed by atoms with Crippen molar-refractivity contribution in [3.63, 3.8) is 0 Å². The zero-order valence-corrected chi connectivity index (χ0v) is 12.8. The number of alkyl halides is 3. The Morgan fingerprint density at radius 2 is 1.83 bits per heavy atom. The van der Waals surface area contributed by atoms with Gasteiger partial charge in [0.15, 0.2) is 0 Å². The van der Waals surface area contributed by atoms with E-state index >= 15 is 0 Å². The number of aldehydes is 1. The first-order chi connectivity index (χ1) is 11.2. The summed E-state index contributed by atoms with van der Waals surface area (Å²) in [7, 11) is -0.115. The van der Waals surface area contributed by atoms with Crippen molar-refractivity contribution in [3.8, 4) is 0 Å². The normalized spacial score (nSPS) is 11.2. The summed E-state index contributed by atoms with van der Waals surface area (Å²) in [5.41, 5.74) is -0.307. The molecule has 0 amide bonds. The fourth-order valence-electron chi connectivity index (χ4n) is 2.41. The Balaban J connectivity index is 2.40. The minimum Gasteiger partial charge on any atom is -0.423 e. The van der Waals surface area contributed by atoms with Crippen LogP contribution >= 0.6 is 0 Å². The van der Waals surface area contributed by atoms with Crippen LogP contribution in [0.25, 0.3) is 0 Å². The highest BCUT2D eigenvalue weighted by molar-refractivity contribution is 6.58. The lowest BCUT2D eigenvalue weighted by atomic mass is 9.80. The molecular weight excluding hydrogens is 322 g/mol. The van der Waals surface area contributed by atoms with Crippen LogP contribution in [0.2, 0.25) is 0 Å². The first-order valence-corrected chi connectivity index (χ1v) is 7.05. The number of anilines is 1. The van der Waals surface area contributed by atoms with E-state index in [1.807, 2.05) is 0 Å². The third-order valence-corrected chi connectivity index (χ3v) is 3.65. The van der Waals surface area contributed by atoms with Crippen molar-refractivity contribution in [2.24, 2.45) is 0 Å². The third kappa shape index (κ3) is 3.96. The van der Waals surface area contributed by atoms with Gasteiger partial charge < -0.3 is 14.9 Å². The van der Waals surface area contributed by atoms with Crippen LogP contribution in [-0.4, -0.2) is 30.5 Å². The van der Waals surface area contributed by atoms with Crippen LogP contribution in [-0.2, 0) is 12.7 Å². The van der Waals surface area contributed by atoms with Crippen molar-refractivity contribution in [1.82, 2.24) is 0 Å². The SMILES string of the molecule is CN(Cc1c(C=O)cccc1C(F)(F)F)c1cccc(B(O)O)c1. The van der Waals surface area contributed by atoms with Gasteiger partial charge >= 0.3 is 13.3 Å². The van der Waals surface area contributed by atoms with Crippen molar-refractivity contribution in [3.05, 3.63) is 59.2 Å². The summed E-state index contributed by atoms with van der Waals surface area (Å²) in [6.07, 6.45) is -4.18. The van der Waals surface area contributed by atoms with Crippen LogP contribution in [0.1, 0.15) is 21.5 Å². The summed E-state index contributed by atoms with van der Waals surface area (Å²) in [6, 6.07) is 9.60. The molecule has 0 saturated heterocycles. The number of carbonyl (C=O) groups is 1. The van der Waals surface area contributed by atoms with Crippen LogP contribution in [0.4, 0.5) is 18.9 Å². The van der Waals surface area contributed by atoms with Gasteiger partial charge in [-0.05, 0) is 29.2 Å². The molecule has 0 aliphatic carbocycles. The predicted octanol–water partition coefficient (Wildman–Crippen LogP) is 1.83. The maximum absolute atomic E-state index is 13.2. The molecule has 0 heterocycles. The maximum atomic E-state index is 13.2. The first kappa shape index (κ1) is 18.0. The summed E-state index contributed by atoms with van der Waals surface area (Å²) >= 11 is 0. The summed E-state index contributed by atoms with van der Waals surface area (Å²) in [5, 5.41) is 18.4. The van der Waals surface area contributed by atoms with Crippen molar-refractivity contribution in [2.75, 3.05) is 11.9 Å². The van der Waals surface area contributed by atoms with Gasteiger partial charge in [-0.1, -0.05) is 24.3 Å². The van der Waals surface area contributed by atoms with E-state index in [1.54, 1.807) is 19.2 Å². The molecule has 2 aromatic carbocycles. The van der Waals surface area contributed by atoms with E-state index in [0.717, 1.165) is 6.07 Å². The Kier molecular flexibility index (Phi) is 5.31. The molecule has 0 spiro atoms. The zero-order valence-electron chi connectivity index (χ0n) is 12.8. The summed E-state index contributed by atoms with van der Waals surface area (Å²) in [6.45, 7) is -0.158. The Morgan fingerprint density at radius 1 is 1.17 bits per heavy atom. The molecule has 0 aliphatic rings. The lowest BCUT2D eigenvalue weighted by Crippen LogP contribution is -2.31. The van der Waals surface area contributed by atoms with Crippen molar-refractivity contribution >= 4 is 24.6 Å². The highest BCUT2D eigenvalue weighted by Crippen LogP contribution is 2.34. The summed E-state index contributed by atoms with van der Waals surface area (Å²) in [4.78, 5) is 12.6. The van der Waals surface area contributed by atoms with Crippen molar-refractivity contribution in [2.45, 2.75) is 12.7 Å². The lowest BCUT2D eigenvalue weighted by molar-refractivity contribution is -0.138. The van der Waals surface area contributed by atoms with Gasteiger partial charge in [0.25, 0.3) is 0 Å². The van der Waals surface area contributed by atoms with Gasteiger partial charge in [0.05, 0.1) is 5.56 Å². The molecule has 24 heavy (non-hydrogen) atoms. The number of rotatable bonds is 5. The number of benzene rings is 2. The van der Waals surface area contributed by atoms with Crippen LogP contribution in [0.15, 0.2) is 42.5 Å². The van der Waals surface area contributed by atoms with Crippen LogP contribution in [0, 0.1) is 0 Å². The van der Waals surface area contributed by atoms with Crippen LogP contribution < -0.4 is 10.4 Å². The van der Waals surface area contributed by atoms with E-state index in [9.17, 15) is 28.0 Å². The standard InChI is InChI=1S/C16H15BF3NO3/c1-21(13-6-3-5-12(8-13)17(23)24)9-14-11(10-22)4-2-7-15(14)16(18,19)20/h2-8,10,23-24H,9H2,1H3. The fourth-order valence-corrected chi connectivity index (χ4v) is 2.41. The average Bonchev–Trinajstić information content (AvgIpc) is 2.54. The molecule has 2 rings (SSSR count). The van der Waals surface area contributed by atoms with Crippen LogP contribution in [0.5, 0.6) is 0 Å². The number of hydrogen-bond donors (Lipinski definition) is 2. The van der Waals surface area contributed by atoms with E-state index in [-0.39, 0.29) is 23.1 Å². The summed E-state index contributed by atoms with van der Waals surface area (Å²) < 4.78 is 39.6. The molecule has 0 saturated carbocycles. The Bertz CT molecular complexity index is 735. The van der Waals surface area contributed by atoms with Gasteiger partial charge in [-0.15, -0.1) is 0 Å². The Labute approximate surface area is 137 Å². The number of hydrogen-bond acceptors (Lipinski definition) is 4. The molecule has 0 unspecified atom stereocenters. The molecule has 2 N–H and O–H groups in total. The Morgan fingerprint density at radius 3 is 2.42 bits per heavy atom. The first-order valence-electron chi connectivity index (χ1n) is 7.05. The summed E-state index contributed by atoms with van der Waals surface area (Å²) in [5.74, 6) is 0. The molecule has 0 bridgehead atoms. The van der Waals surface area contributed by atoms with E-state index < -0.39 is 18.9 Å². The van der Waals surface area contributed by atoms with Crippen molar-refractivity contribution in [1.29, 1.82) is 0 Å². The van der Waals surface area contributed by atoms with E-state index in [0.29, 0.717) is 12.0 Å². The molecule has 4 nitrogen and oxygen atoms in total. The molecule has 0 aliphatic heterocycles. The van der Waals surface area contributed by atoms with Crippen LogP contribution in [0.3, 0.4) is 0 Å². The van der Waals surface area contributed by atoms with E-state index in [1.165, 1.54) is 29.2 Å².